The van der Waals surface area contributed by atoms with Crippen molar-refractivity contribution < 1.29 is 9.57 Å². The van der Waals surface area contributed by atoms with Crippen molar-refractivity contribution in [2.45, 2.75) is 12.8 Å². The zero-order chi connectivity index (χ0) is 24.2. The number of nitrogens with zero attached hydrogens (tertiary/aromatic N) is 6. The summed E-state index contributed by atoms with van der Waals surface area (Å²) >= 11 is 6.53. The van der Waals surface area contributed by atoms with E-state index < -0.39 is 0 Å². The molecule has 186 valence electrons. The molecule has 0 saturated carbocycles. The van der Waals surface area contributed by atoms with Gasteiger partial charge in [0.15, 0.2) is 5.82 Å². The standard InChI is InChI=1S/C26H33ClN6O2/c1-30-11-13-32(14-12-30)24-18-20(35-16-15-31-9-5-6-10-31)17-22-25(24)26(29-19-28-22)33(34-2)23-8-4-3-7-21(23)27/h3-4,7-8,17-19H,5-6,9-16H2,1-2H3. The van der Waals surface area contributed by atoms with Gasteiger partial charge in [-0.15, -0.1) is 0 Å². The minimum Gasteiger partial charge on any atom is -0.492 e. The van der Waals surface area contributed by atoms with Gasteiger partial charge in [0.05, 0.1) is 34.4 Å². The first-order chi connectivity index (χ1) is 17.1. The number of fused-ring (bicyclic) bond motifs is 1. The Bertz CT molecular complexity index is 1150. The molecule has 0 spiro atoms. The lowest BCUT2D eigenvalue weighted by Crippen LogP contribution is -2.44. The van der Waals surface area contributed by atoms with Crippen LogP contribution in [0.15, 0.2) is 42.7 Å². The highest BCUT2D eigenvalue weighted by molar-refractivity contribution is 6.33. The summed E-state index contributed by atoms with van der Waals surface area (Å²) in [5.41, 5.74) is 2.60. The molecule has 0 amide bonds. The molecule has 1 aromatic heterocycles. The fraction of sp³-hybridized carbons (Fsp3) is 0.462. The summed E-state index contributed by atoms with van der Waals surface area (Å²) in [6.45, 7) is 7.74. The molecule has 2 saturated heterocycles. The molecule has 9 heteroatoms. The van der Waals surface area contributed by atoms with Gasteiger partial charge in [0.2, 0.25) is 0 Å². The summed E-state index contributed by atoms with van der Waals surface area (Å²) in [5, 5.41) is 3.19. The molecule has 2 fully saturated rings. The second-order valence-electron chi connectivity index (χ2n) is 9.15. The molecule has 2 aromatic carbocycles. The number of hydrogen-bond donors (Lipinski definition) is 0. The maximum Gasteiger partial charge on any atom is 0.171 e. The van der Waals surface area contributed by atoms with Gasteiger partial charge in [0.1, 0.15) is 18.7 Å². The summed E-state index contributed by atoms with van der Waals surface area (Å²) in [5.74, 6) is 1.49. The van der Waals surface area contributed by atoms with Crippen LogP contribution in [0.1, 0.15) is 12.8 Å². The Morgan fingerprint density at radius 2 is 1.77 bits per heavy atom. The van der Waals surface area contributed by atoms with Gasteiger partial charge in [-0.05, 0) is 45.1 Å². The van der Waals surface area contributed by atoms with E-state index in [-0.39, 0.29) is 0 Å². The van der Waals surface area contributed by atoms with E-state index in [2.05, 4.69) is 37.8 Å². The maximum absolute atomic E-state index is 6.53. The average molecular weight is 497 g/mol. The predicted molar refractivity (Wildman–Crippen MR) is 141 cm³/mol. The van der Waals surface area contributed by atoms with Crippen LogP contribution in [0.25, 0.3) is 10.9 Å². The van der Waals surface area contributed by atoms with Gasteiger partial charge >= 0.3 is 0 Å². The fourth-order valence-electron chi connectivity index (χ4n) is 4.88. The van der Waals surface area contributed by atoms with Crippen molar-refractivity contribution in [1.29, 1.82) is 0 Å². The second-order valence-corrected chi connectivity index (χ2v) is 9.56. The molecule has 0 radical (unpaired) electrons. The predicted octanol–water partition coefficient (Wildman–Crippen LogP) is 4.21. The van der Waals surface area contributed by atoms with Crippen LogP contribution < -0.4 is 14.7 Å². The molecule has 0 aliphatic carbocycles. The SMILES string of the molecule is CON(c1ccccc1Cl)c1ncnc2cc(OCCN3CCCC3)cc(N3CCN(C)CC3)c12. The Morgan fingerprint density at radius 1 is 1.00 bits per heavy atom. The van der Waals surface area contributed by atoms with Crippen molar-refractivity contribution in [2.75, 3.05) is 76.5 Å². The van der Waals surface area contributed by atoms with Gasteiger partial charge in [-0.25, -0.2) is 15.0 Å². The third-order valence-electron chi connectivity index (χ3n) is 6.84. The number of likely N-dealkylation sites (tertiary alicyclic amines) is 1. The highest BCUT2D eigenvalue weighted by Gasteiger charge is 2.24. The summed E-state index contributed by atoms with van der Waals surface area (Å²) in [6, 6.07) is 11.7. The molecule has 5 rings (SSSR count). The minimum absolute atomic E-state index is 0.587. The lowest BCUT2D eigenvalue weighted by molar-refractivity contribution is 0.200. The molecule has 3 heterocycles. The first-order valence-corrected chi connectivity index (χ1v) is 12.7. The second kappa shape index (κ2) is 11.0. The van der Waals surface area contributed by atoms with Crippen LogP contribution in [-0.4, -0.2) is 86.3 Å². The number of halogens is 1. The van der Waals surface area contributed by atoms with Gasteiger partial charge in [-0.2, -0.15) is 0 Å². The molecule has 0 bridgehead atoms. The molecule has 35 heavy (non-hydrogen) atoms. The summed E-state index contributed by atoms with van der Waals surface area (Å²) in [6.07, 6.45) is 4.14. The van der Waals surface area contributed by atoms with E-state index in [0.29, 0.717) is 17.4 Å². The Hall–Kier alpha value is -2.65. The number of piperazine rings is 1. The molecule has 8 nitrogen and oxygen atoms in total. The van der Waals surface area contributed by atoms with Crippen LogP contribution in [0.4, 0.5) is 17.2 Å². The first-order valence-electron chi connectivity index (χ1n) is 12.3. The number of para-hydroxylation sites is 1. The van der Waals surface area contributed by atoms with Gasteiger partial charge in [0.25, 0.3) is 0 Å². The molecular formula is C26H33ClN6O2. The number of aromatic nitrogens is 2. The minimum atomic E-state index is 0.587. The monoisotopic (exact) mass is 496 g/mol. The lowest BCUT2D eigenvalue weighted by atomic mass is 10.1. The third-order valence-corrected chi connectivity index (χ3v) is 7.16. The summed E-state index contributed by atoms with van der Waals surface area (Å²) < 4.78 is 6.25. The zero-order valence-electron chi connectivity index (χ0n) is 20.5. The number of hydrogen-bond acceptors (Lipinski definition) is 8. The average Bonchev–Trinajstić information content (AvgIpc) is 3.39. The van der Waals surface area contributed by atoms with Crippen LogP contribution in [0, 0.1) is 0 Å². The van der Waals surface area contributed by atoms with Crippen molar-refractivity contribution in [2.24, 2.45) is 0 Å². The van der Waals surface area contributed by atoms with E-state index in [4.69, 9.17) is 21.2 Å². The normalized spacial score (nSPS) is 17.3. The third kappa shape index (κ3) is 5.30. The van der Waals surface area contributed by atoms with Crippen LogP contribution in [0.3, 0.4) is 0 Å². The molecule has 3 aromatic rings. The smallest absolute Gasteiger partial charge is 0.171 e. The van der Waals surface area contributed by atoms with Gasteiger partial charge in [0, 0.05) is 44.9 Å². The Labute approximate surface area is 212 Å². The first kappa shape index (κ1) is 24.1. The Balaban J connectivity index is 1.54. The Kier molecular flexibility index (Phi) is 7.53. The highest BCUT2D eigenvalue weighted by Crippen LogP contribution is 2.40. The Morgan fingerprint density at radius 3 is 2.51 bits per heavy atom. The number of benzene rings is 2. The van der Waals surface area contributed by atoms with Crippen LogP contribution in [0.2, 0.25) is 5.02 Å². The summed E-state index contributed by atoms with van der Waals surface area (Å²) in [4.78, 5) is 22.3. The molecule has 2 aliphatic rings. The molecule has 0 atom stereocenters. The lowest BCUT2D eigenvalue weighted by Gasteiger charge is -2.35. The van der Waals surface area contributed by atoms with Crippen LogP contribution in [-0.2, 0) is 4.84 Å². The number of anilines is 3. The largest absolute Gasteiger partial charge is 0.492 e. The van der Waals surface area contributed by atoms with Gasteiger partial charge in [-0.3, -0.25) is 9.74 Å². The van der Waals surface area contributed by atoms with Crippen molar-refractivity contribution >= 4 is 39.7 Å². The van der Waals surface area contributed by atoms with E-state index in [1.165, 1.54) is 25.9 Å². The molecule has 0 unspecified atom stereocenters. The van der Waals surface area contributed by atoms with Crippen LogP contribution in [0.5, 0.6) is 5.75 Å². The summed E-state index contributed by atoms with van der Waals surface area (Å²) in [7, 11) is 3.79. The van der Waals surface area contributed by atoms with E-state index in [1.54, 1.807) is 18.5 Å². The number of likely N-dealkylation sites (N-methyl/N-ethyl adjacent to an activating group) is 1. The van der Waals surface area contributed by atoms with Crippen molar-refractivity contribution in [3.05, 3.63) is 47.7 Å². The van der Waals surface area contributed by atoms with Crippen molar-refractivity contribution in [3.8, 4) is 5.75 Å². The van der Waals surface area contributed by atoms with Gasteiger partial charge in [-0.1, -0.05) is 23.7 Å². The van der Waals surface area contributed by atoms with Crippen LogP contribution >= 0.6 is 11.6 Å². The highest BCUT2D eigenvalue weighted by atomic mass is 35.5. The molecule has 0 N–H and O–H groups in total. The maximum atomic E-state index is 6.53. The van der Waals surface area contributed by atoms with E-state index in [1.807, 2.05) is 30.3 Å². The molecule has 2 aliphatic heterocycles. The van der Waals surface area contributed by atoms with Crippen molar-refractivity contribution in [1.82, 2.24) is 19.8 Å². The van der Waals surface area contributed by atoms with E-state index in [0.717, 1.165) is 60.8 Å². The number of ether oxygens (including phenoxy) is 1. The van der Waals surface area contributed by atoms with Gasteiger partial charge < -0.3 is 14.5 Å². The molecular weight excluding hydrogens is 464 g/mol. The number of rotatable bonds is 8. The topological polar surface area (TPSA) is 57.2 Å². The van der Waals surface area contributed by atoms with Crippen molar-refractivity contribution in [3.63, 3.8) is 0 Å². The fourth-order valence-corrected chi connectivity index (χ4v) is 5.09. The zero-order valence-corrected chi connectivity index (χ0v) is 21.2. The van der Waals surface area contributed by atoms with E-state index >= 15 is 0 Å². The quantitative estimate of drug-likeness (QED) is 0.430. The van der Waals surface area contributed by atoms with E-state index in [9.17, 15) is 0 Å².